The van der Waals surface area contributed by atoms with Crippen molar-refractivity contribution in [3.63, 3.8) is 0 Å². The van der Waals surface area contributed by atoms with E-state index in [9.17, 15) is 0 Å². The molecule has 0 atom stereocenters. The van der Waals surface area contributed by atoms with E-state index < -0.39 is 0 Å². The monoisotopic (exact) mass is 398 g/mol. The van der Waals surface area contributed by atoms with Crippen LogP contribution in [0.5, 0.6) is 0 Å². The highest BCUT2D eigenvalue weighted by atomic mass is 127. The van der Waals surface area contributed by atoms with Crippen molar-refractivity contribution in [2.45, 2.75) is 0 Å². The third kappa shape index (κ3) is 3.20. The average molecular weight is 399 g/mol. The summed E-state index contributed by atoms with van der Waals surface area (Å²) in [4.78, 5) is 0. The van der Waals surface area contributed by atoms with Crippen LogP contribution in [0.2, 0.25) is 0 Å². The summed E-state index contributed by atoms with van der Waals surface area (Å²) >= 11 is 5.72. The number of benzene rings is 2. The van der Waals surface area contributed by atoms with E-state index in [2.05, 4.69) is 56.0 Å². The molecule has 0 saturated heterocycles. The van der Waals surface area contributed by atoms with Gasteiger partial charge in [-0.15, -0.1) is 0 Å². The number of hydrogen-bond donors (Lipinski definition) is 1. The van der Waals surface area contributed by atoms with Gasteiger partial charge in [-0.05, 0) is 74.9 Å². The Bertz CT molecular complexity index is 590. The summed E-state index contributed by atoms with van der Waals surface area (Å²) in [7, 11) is 0. The van der Waals surface area contributed by atoms with E-state index in [4.69, 9.17) is 5.26 Å². The molecule has 0 aliphatic rings. The van der Waals surface area contributed by atoms with E-state index in [0.717, 1.165) is 15.8 Å². The molecule has 84 valence electrons. The Hall–Kier alpha value is -1.06. The first-order valence-electron chi connectivity index (χ1n) is 4.91. The molecule has 0 saturated carbocycles. The summed E-state index contributed by atoms with van der Waals surface area (Å²) in [5, 5.41) is 12.1. The largest absolute Gasteiger partial charge is 0.355 e. The smallest absolute Gasteiger partial charge is 0.0992 e. The number of hydrogen-bond acceptors (Lipinski definition) is 2. The molecule has 0 unspecified atom stereocenters. The van der Waals surface area contributed by atoms with Gasteiger partial charge in [0.15, 0.2) is 0 Å². The normalized spacial score (nSPS) is 9.71. The first-order chi connectivity index (χ1) is 8.19. The quantitative estimate of drug-likeness (QED) is 0.746. The van der Waals surface area contributed by atoms with E-state index in [1.807, 2.05) is 24.3 Å². The summed E-state index contributed by atoms with van der Waals surface area (Å²) in [6.07, 6.45) is 0. The first-order valence-corrected chi connectivity index (χ1v) is 6.78. The van der Waals surface area contributed by atoms with Gasteiger partial charge in [-0.1, -0.05) is 6.07 Å². The molecule has 0 aliphatic carbocycles. The Morgan fingerprint density at radius 3 is 2.65 bits per heavy atom. The molecular weight excluding hydrogens is 391 g/mol. The van der Waals surface area contributed by atoms with Gasteiger partial charge in [-0.3, -0.25) is 0 Å². The van der Waals surface area contributed by atoms with Crippen molar-refractivity contribution in [2.75, 3.05) is 5.32 Å². The Morgan fingerprint density at radius 2 is 2.00 bits per heavy atom. The van der Waals surface area contributed by atoms with Gasteiger partial charge in [0.25, 0.3) is 0 Å². The highest BCUT2D eigenvalue weighted by Gasteiger charge is 2.02. The van der Waals surface area contributed by atoms with Gasteiger partial charge >= 0.3 is 0 Å². The van der Waals surface area contributed by atoms with E-state index in [0.29, 0.717) is 5.56 Å². The fourth-order valence-corrected chi connectivity index (χ4v) is 2.43. The van der Waals surface area contributed by atoms with E-state index in [1.54, 1.807) is 12.1 Å². The molecule has 2 rings (SSSR count). The summed E-state index contributed by atoms with van der Waals surface area (Å²) in [5.74, 6) is 0. The van der Waals surface area contributed by atoms with Gasteiger partial charge in [0.2, 0.25) is 0 Å². The van der Waals surface area contributed by atoms with Crippen LogP contribution in [0.3, 0.4) is 0 Å². The Kier molecular flexibility index (Phi) is 4.02. The van der Waals surface area contributed by atoms with Crippen LogP contribution in [0.15, 0.2) is 46.9 Å². The van der Waals surface area contributed by atoms with E-state index >= 15 is 0 Å². The molecule has 4 heteroatoms. The summed E-state index contributed by atoms with van der Waals surface area (Å²) < 4.78 is 2.06. The maximum Gasteiger partial charge on any atom is 0.0992 e. The van der Waals surface area contributed by atoms with Crippen molar-refractivity contribution in [3.05, 3.63) is 56.1 Å². The lowest BCUT2D eigenvalue weighted by Gasteiger charge is -2.09. The summed E-state index contributed by atoms with van der Waals surface area (Å²) in [6.45, 7) is 0. The molecular formula is C13H8BrIN2. The number of nitriles is 1. The summed E-state index contributed by atoms with van der Waals surface area (Å²) in [6, 6.07) is 15.7. The zero-order valence-corrected chi connectivity index (χ0v) is 12.5. The predicted molar refractivity (Wildman–Crippen MR) is 81.3 cm³/mol. The van der Waals surface area contributed by atoms with Crippen LogP contribution in [0.25, 0.3) is 0 Å². The summed E-state index contributed by atoms with van der Waals surface area (Å²) in [5.41, 5.74) is 2.62. The second kappa shape index (κ2) is 5.52. The van der Waals surface area contributed by atoms with Crippen LogP contribution in [0.1, 0.15) is 5.56 Å². The molecule has 0 bridgehead atoms. The fourth-order valence-electron chi connectivity index (χ4n) is 1.41. The van der Waals surface area contributed by atoms with Gasteiger partial charge in [-0.25, -0.2) is 0 Å². The average Bonchev–Trinajstić information content (AvgIpc) is 2.32. The maximum absolute atomic E-state index is 8.79. The van der Waals surface area contributed by atoms with Gasteiger partial charge < -0.3 is 5.32 Å². The third-order valence-electron chi connectivity index (χ3n) is 2.20. The highest BCUT2D eigenvalue weighted by Crippen LogP contribution is 2.27. The van der Waals surface area contributed by atoms with Crippen molar-refractivity contribution < 1.29 is 0 Å². The van der Waals surface area contributed by atoms with Crippen LogP contribution >= 0.6 is 38.5 Å². The van der Waals surface area contributed by atoms with Crippen LogP contribution in [-0.2, 0) is 0 Å². The van der Waals surface area contributed by atoms with Gasteiger partial charge in [-0.2, -0.15) is 5.26 Å². The van der Waals surface area contributed by atoms with Crippen LogP contribution in [0.4, 0.5) is 11.4 Å². The number of halogens is 2. The fraction of sp³-hybridized carbons (Fsp3) is 0. The molecule has 1 N–H and O–H groups in total. The number of nitrogens with zero attached hydrogens (tertiary/aromatic N) is 1. The molecule has 0 fully saturated rings. The van der Waals surface area contributed by atoms with Gasteiger partial charge in [0.05, 0.1) is 17.3 Å². The number of anilines is 2. The zero-order valence-electron chi connectivity index (χ0n) is 8.74. The minimum atomic E-state index is 0.644. The second-order valence-corrected chi connectivity index (χ2v) is 5.54. The molecule has 2 aromatic rings. The van der Waals surface area contributed by atoms with Crippen molar-refractivity contribution in [2.24, 2.45) is 0 Å². The first kappa shape index (κ1) is 12.4. The lowest BCUT2D eigenvalue weighted by atomic mass is 10.2. The minimum Gasteiger partial charge on any atom is -0.355 e. The Morgan fingerprint density at radius 1 is 1.18 bits per heavy atom. The van der Waals surface area contributed by atoms with Crippen LogP contribution in [-0.4, -0.2) is 0 Å². The topological polar surface area (TPSA) is 35.8 Å². The molecule has 0 amide bonds. The maximum atomic E-state index is 8.79. The predicted octanol–water partition coefficient (Wildman–Crippen LogP) is 4.67. The zero-order chi connectivity index (χ0) is 12.3. The number of rotatable bonds is 2. The van der Waals surface area contributed by atoms with Gasteiger partial charge in [0, 0.05) is 13.7 Å². The minimum absolute atomic E-state index is 0.644. The van der Waals surface area contributed by atoms with Crippen molar-refractivity contribution in [1.82, 2.24) is 0 Å². The van der Waals surface area contributed by atoms with Crippen LogP contribution < -0.4 is 5.32 Å². The molecule has 0 heterocycles. The molecule has 2 nitrogen and oxygen atoms in total. The second-order valence-electron chi connectivity index (χ2n) is 3.44. The molecule has 0 aromatic heterocycles. The molecule has 0 spiro atoms. The Labute approximate surface area is 122 Å². The lowest BCUT2D eigenvalue weighted by molar-refractivity contribution is 1.46. The Balaban J connectivity index is 2.28. The molecule has 0 aliphatic heterocycles. The molecule has 2 aromatic carbocycles. The van der Waals surface area contributed by atoms with Crippen molar-refractivity contribution in [1.29, 1.82) is 5.26 Å². The lowest BCUT2D eigenvalue weighted by Crippen LogP contribution is -1.92. The van der Waals surface area contributed by atoms with E-state index in [1.165, 1.54) is 3.57 Å². The SMILES string of the molecule is N#Cc1ccc(Nc2cccc(I)c2)c(Br)c1. The third-order valence-corrected chi connectivity index (χ3v) is 3.53. The number of nitrogens with one attached hydrogen (secondary N) is 1. The molecule has 17 heavy (non-hydrogen) atoms. The molecule has 0 radical (unpaired) electrons. The standard InChI is InChI=1S/C13H8BrIN2/c14-12-6-9(8-16)4-5-13(12)17-11-3-1-2-10(15)7-11/h1-7,17H. The van der Waals surface area contributed by atoms with Crippen molar-refractivity contribution >= 4 is 49.9 Å². The van der Waals surface area contributed by atoms with E-state index in [-0.39, 0.29) is 0 Å². The highest BCUT2D eigenvalue weighted by molar-refractivity contribution is 14.1. The van der Waals surface area contributed by atoms with Crippen LogP contribution in [0, 0.1) is 14.9 Å². The van der Waals surface area contributed by atoms with Gasteiger partial charge in [0.1, 0.15) is 0 Å². The van der Waals surface area contributed by atoms with Crippen molar-refractivity contribution in [3.8, 4) is 6.07 Å².